The summed E-state index contributed by atoms with van der Waals surface area (Å²) in [5.74, 6) is -1.96. The third kappa shape index (κ3) is 5.11. The third-order valence-electron chi connectivity index (χ3n) is 5.46. The molecular weight excluding hydrogens is 412 g/mol. The van der Waals surface area contributed by atoms with Crippen molar-refractivity contribution in [3.8, 4) is 5.88 Å². The highest BCUT2D eigenvalue weighted by Crippen LogP contribution is 2.21. The first-order valence-corrected chi connectivity index (χ1v) is 10.8. The van der Waals surface area contributed by atoms with Gasteiger partial charge >= 0.3 is 11.7 Å². The quantitative estimate of drug-likeness (QED) is 0.546. The number of benzene rings is 1. The first kappa shape index (κ1) is 23.3. The molecule has 0 radical (unpaired) electrons. The fourth-order valence-electron chi connectivity index (χ4n) is 3.71. The number of hydrogen-bond acceptors (Lipinski definition) is 5. The third-order valence-corrected chi connectivity index (χ3v) is 5.46. The number of imidazole rings is 1. The van der Waals surface area contributed by atoms with Crippen molar-refractivity contribution in [2.75, 3.05) is 11.6 Å². The lowest BCUT2D eigenvalue weighted by Crippen LogP contribution is -2.55. The van der Waals surface area contributed by atoms with Crippen LogP contribution in [0, 0.1) is 5.92 Å². The number of nitrogens with one attached hydrogen (secondary N) is 1. The van der Waals surface area contributed by atoms with Crippen LogP contribution >= 0.6 is 0 Å². The number of aromatic nitrogens is 2. The number of nitrogens with zero attached hydrogens (tertiary/aromatic N) is 3. The average molecular weight is 443 g/mol. The van der Waals surface area contributed by atoms with Gasteiger partial charge in [-0.1, -0.05) is 56.3 Å². The first-order valence-electron chi connectivity index (χ1n) is 10.8. The zero-order chi connectivity index (χ0) is 23.3. The number of aromatic hydroxyl groups is 1. The summed E-state index contributed by atoms with van der Waals surface area (Å²) in [4.78, 5) is 38.5. The van der Waals surface area contributed by atoms with Gasteiger partial charge in [-0.2, -0.15) is 4.68 Å². The van der Waals surface area contributed by atoms with Crippen LogP contribution in [0.25, 0.3) is 6.08 Å². The lowest BCUT2D eigenvalue weighted by atomic mass is 10.1. The predicted octanol–water partition coefficient (Wildman–Crippen LogP) is 1.92. The summed E-state index contributed by atoms with van der Waals surface area (Å²) < 4.78 is 2.22. The number of rotatable bonds is 9. The Morgan fingerprint density at radius 2 is 1.97 bits per heavy atom. The maximum absolute atomic E-state index is 13.2. The van der Waals surface area contributed by atoms with E-state index in [9.17, 15) is 24.6 Å². The molecule has 1 aromatic heterocycles. The predicted molar refractivity (Wildman–Crippen MR) is 121 cm³/mol. The van der Waals surface area contributed by atoms with Crippen LogP contribution in [-0.2, 0) is 22.7 Å². The van der Waals surface area contributed by atoms with Crippen LogP contribution in [0.2, 0.25) is 0 Å². The van der Waals surface area contributed by atoms with Crippen LogP contribution in [0.4, 0.5) is 0 Å². The Hall–Kier alpha value is -3.33. The number of carboxylic acid groups (broad SMARTS) is 1. The number of carboxylic acids is 1. The molecule has 1 aromatic carbocycles. The normalized spacial score (nSPS) is 14.5. The molecule has 0 aliphatic carbocycles. The van der Waals surface area contributed by atoms with Crippen LogP contribution in [0.1, 0.15) is 44.4 Å². The van der Waals surface area contributed by atoms with Gasteiger partial charge in [-0.15, -0.1) is 0 Å². The summed E-state index contributed by atoms with van der Waals surface area (Å²) >= 11 is 0. The average Bonchev–Trinajstić information content (AvgIpc) is 3.02. The van der Waals surface area contributed by atoms with Gasteiger partial charge in [0.2, 0.25) is 11.8 Å². The number of carbonyl (C=O) groups excluding carboxylic acids is 1. The van der Waals surface area contributed by atoms with Gasteiger partial charge in [-0.25, -0.2) is 14.6 Å². The highest BCUT2D eigenvalue weighted by atomic mass is 16.4. The van der Waals surface area contributed by atoms with Crippen molar-refractivity contribution in [3.05, 3.63) is 58.1 Å². The maximum atomic E-state index is 13.2. The highest BCUT2D eigenvalue weighted by Gasteiger charge is 2.35. The molecule has 32 heavy (non-hydrogen) atoms. The van der Waals surface area contributed by atoms with Crippen LogP contribution in [0.3, 0.4) is 0 Å². The summed E-state index contributed by atoms with van der Waals surface area (Å²) in [6.07, 6.45) is 4.00. The maximum Gasteiger partial charge on any atom is 0.350 e. The van der Waals surface area contributed by atoms with E-state index in [2.05, 4.69) is 5.32 Å². The van der Waals surface area contributed by atoms with E-state index in [1.54, 1.807) is 12.2 Å². The molecule has 2 aromatic rings. The number of carbonyl (C=O) groups is 2. The fourth-order valence-corrected chi connectivity index (χ4v) is 3.71. The van der Waals surface area contributed by atoms with Crippen molar-refractivity contribution in [3.63, 3.8) is 0 Å². The summed E-state index contributed by atoms with van der Waals surface area (Å²) in [6, 6.07) is 8.02. The molecule has 1 amide bonds. The minimum Gasteiger partial charge on any atom is -0.492 e. The van der Waals surface area contributed by atoms with Crippen LogP contribution in [-0.4, -0.2) is 43.9 Å². The van der Waals surface area contributed by atoms with E-state index >= 15 is 0 Å². The molecule has 3 rings (SSSR count). The molecule has 0 saturated heterocycles. The molecule has 172 valence electrons. The van der Waals surface area contributed by atoms with Gasteiger partial charge in [0.05, 0.1) is 5.69 Å². The fraction of sp³-hybridized carbons (Fsp3) is 0.435. The van der Waals surface area contributed by atoms with Crippen molar-refractivity contribution in [2.24, 2.45) is 5.92 Å². The Morgan fingerprint density at radius 3 is 2.59 bits per heavy atom. The molecule has 1 atom stereocenters. The first-order chi connectivity index (χ1) is 15.3. The SMILES string of the molecule is CC(C)CCC(=O)N([C@@H](CC=Cc1ccccc1)C(=O)O)n1c(O)c2n(c1=O)CCNC2. The van der Waals surface area contributed by atoms with Crippen molar-refractivity contribution < 1.29 is 19.8 Å². The molecular formula is C23H30N4O5. The van der Waals surface area contributed by atoms with Gasteiger partial charge in [-0.05, 0) is 24.3 Å². The Kier molecular flexibility index (Phi) is 7.53. The molecule has 0 fully saturated rings. The van der Waals surface area contributed by atoms with E-state index in [0.29, 0.717) is 25.2 Å². The zero-order valence-electron chi connectivity index (χ0n) is 18.4. The molecule has 0 spiro atoms. The standard InChI is InChI=1S/C23H30N4O5/c1-16(2)11-12-20(28)26(27-21(29)19-15-24-13-14-25(19)23(27)32)18(22(30)31)10-6-9-17-7-4-3-5-8-17/h3-9,16,18,24,29H,10-15H2,1-2H3,(H,30,31)/t18-/m0/s1. The monoisotopic (exact) mass is 442 g/mol. The molecule has 0 bridgehead atoms. The van der Waals surface area contributed by atoms with E-state index in [1.807, 2.05) is 44.2 Å². The van der Waals surface area contributed by atoms with Crippen LogP contribution in [0.5, 0.6) is 5.88 Å². The van der Waals surface area contributed by atoms with Gasteiger partial charge in [0.1, 0.15) is 0 Å². The second-order valence-electron chi connectivity index (χ2n) is 8.27. The molecule has 0 unspecified atom stereocenters. The number of aliphatic carboxylic acids is 1. The van der Waals surface area contributed by atoms with Gasteiger partial charge < -0.3 is 15.5 Å². The van der Waals surface area contributed by atoms with Crippen molar-refractivity contribution in [1.82, 2.24) is 14.6 Å². The van der Waals surface area contributed by atoms with E-state index < -0.39 is 29.5 Å². The van der Waals surface area contributed by atoms with E-state index in [1.165, 1.54) is 4.57 Å². The lowest BCUT2D eigenvalue weighted by molar-refractivity contribution is -0.141. The molecule has 2 heterocycles. The Labute approximate surface area is 186 Å². The topological polar surface area (TPSA) is 117 Å². The van der Waals surface area contributed by atoms with Gasteiger partial charge in [-0.3, -0.25) is 9.36 Å². The van der Waals surface area contributed by atoms with Crippen LogP contribution < -0.4 is 16.0 Å². The molecule has 1 aliphatic heterocycles. The summed E-state index contributed by atoms with van der Waals surface area (Å²) in [5.41, 5.74) is 0.613. The summed E-state index contributed by atoms with van der Waals surface area (Å²) in [7, 11) is 0. The number of hydrogen-bond donors (Lipinski definition) is 3. The van der Waals surface area contributed by atoms with E-state index in [4.69, 9.17) is 0 Å². The molecule has 0 saturated carbocycles. The van der Waals surface area contributed by atoms with Gasteiger partial charge in [0, 0.05) is 26.1 Å². The second kappa shape index (κ2) is 10.3. The lowest BCUT2D eigenvalue weighted by Gasteiger charge is -2.29. The van der Waals surface area contributed by atoms with Gasteiger partial charge in [0.25, 0.3) is 0 Å². The minimum atomic E-state index is -1.35. The van der Waals surface area contributed by atoms with Crippen molar-refractivity contribution in [1.29, 1.82) is 0 Å². The highest BCUT2D eigenvalue weighted by molar-refractivity contribution is 5.93. The second-order valence-corrected chi connectivity index (χ2v) is 8.27. The largest absolute Gasteiger partial charge is 0.492 e. The van der Waals surface area contributed by atoms with E-state index in [-0.39, 0.29) is 25.3 Å². The van der Waals surface area contributed by atoms with Crippen LogP contribution in [0.15, 0.2) is 41.2 Å². The molecule has 9 nitrogen and oxygen atoms in total. The minimum absolute atomic E-state index is 0.0255. The summed E-state index contributed by atoms with van der Waals surface area (Å²) in [5, 5.41) is 24.7. The van der Waals surface area contributed by atoms with Gasteiger partial charge in [0.15, 0.2) is 6.04 Å². The Bertz CT molecular complexity index is 1040. The number of amides is 1. The Balaban J connectivity index is 2.00. The van der Waals surface area contributed by atoms with E-state index in [0.717, 1.165) is 15.2 Å². The summed E-state index contributed by atoms with van der Waals surface area (Å²) in [6.45, 7) is 5.05. The molecule has 1 aliphatic rings. The molecule has 9 heteroatoms. The number of fused-ring (bicyclic) bond motifs is 1. The smallest absolute Gasteiger partial charge is 0.350 e. The van der Waals surface area contributed by atoms with Crippen molar-refractivity contribution in [2.45, 2.75) is 52.2 Å². The van der Waals surface area contributed by atoms with Crippen molar-refractivity contribution >= 4 is 18.0 Å². The Morgan fingerprint density at radius 1 is 1.25 bits per heavy atom. The zero-order valence-corrected chi connectivity index (χ0v) is 18.4. The molecule has 3 N–H and O–H groups in total.